The van der Waals surface area contributed by atoms with Crippen LogP contribution in [0, 0.1) is 0 Å². The molecule has 0 bridgehead atoms. The van der Waals surface area contributed by atoms with Gasteiger partial charge in [-0.15, -0.1) is 0 Å². The van der Waals surface area contributed by atoms with Crippen molar-refractivity contribution in [3.8, 4) is 5.75 Å². The van der Waals surface area contributed by atoms with Gasteiger partial charge < -0.3 is 15.2 Å². The summed E-state index contributed by atoms with van der Waals surface area (Å²) in [5.74, 6) is 0.463. The highest BCUT2D eigenvalue weighted by Gasteiger charge is 2.27. The third-order valence-corrected chi connectivity index (χ3v) is 2.64. The first-order chi connectivity index (χ1) is 8.44. The first-order valence-corrected chi connectivity index (χ1v) is 5.98. The molecule has 0 aliphatic rings. The summed E-state index contributed by atoms with van der Waals surface area (Å²) < 4.78 is 45.8. The average molecular weight is 328 g/mol. The van der Waals surface area contributed by atoms with Crippen molar-refractivity contribution in [3.05, 3.63) is 28.2 Å². The van der Waals surface area contributed by atoms with Crippen molar-refractivity contribution in [3.63, 3.8) is 0 Å². The molecule has 0 aromatic heterocycles. The van der Waals surface area contributed by atoms with Gasteiger partial charge in [0.2, 0.25) is 0 Å². The van der Waals surface area contributed by atoms with Gasteiger partial charge in [-0.3, -0.25) is 0 Å². The van der Waals surface area contributed by atoms with Crippen LogP contribution in [-0.2, 0) is 11.2 Å². The Morgan fingerprint density at radius 3 is 2.61 bits per heavy atom. The minimum absolute atomic E-state index is 0.427. The third kappa shape index (κ3) is 5.24. The van der Waals surface area contributed by atoms with Crippen LogP contribution in [0.2, 0.25) is 0 Å². The Morgan fingerprint density at radius 1 is 1.28 bits per heavy atom. The quantitative estimate of drug-likeness (QED) is 0.645. The summed E-state index contributed by atoms with van der Waals surface area (Å²) in [5, 5.41) is 0. The summed E-state index contributed by atoms with van der Waals surface area (Å²) in [6.45, 7) is -1.36. The van der Waals surface area contributed by atoms with E-state index in [-0.39, 0.29) is 0 Å². The Labute approximate surface area is 111 Å². The molecule has 102 valence electrons. The summed E-state index contributed by atoms with van der Waals surface area (Å²) in [7, 11) is 0. The van der Waals surface area contributed by atoms with Crippen LogP contribution in [0.5, 0.6) is 5.75 Å². The largest absolute Gasteiger partial charge is 0.466 e. The van der Waals surface area contributed by atoms with Gasteiger partial charge in [0.1, 0.15) is 12.4 Å². The maximum atomic E-state index is 11.9. The molecule has 0 saturated carbocycles. The minimum atomic E-state index is -4.35. The normalized spacial score (nSPS) is 11.6. The zero-order valence-electron chi connectivity index (χ0n) is 9.47. The van der Waals surface area contributed by atoms with E-state index >= 15 is 0 Å². The molecule has 0 unspecified atom stereocenters. The first kappa shape index (κ1) is 15.3. The Morgan fingerprint density at radius 2 is 2.00 bits per heavy atom. The van der Waals surface area contributed by atoms with Crippen molar-refractivity contribution in [1.82, 2.24) is 0 Å². The molecule has 0 aliphatic heterocycles. The van der Waals surface area contributed by atoms with Gasteiger partial charge in [0.15, 0.2) is 6.79 Å². The number of hydrogen-bond donors (Lipinski definition) is 1. The molecule has 1 rings (SSSR count). The van der Waals surface area contributed by atoms with Crippen LogP contribution < -0.4 is 10.5 Å². The van der Waals surface area contributed by atoms with Crippen LogP contribution in [0.3, 0.4) is 0 Å². The number of para-hydroxylation sites is 1. The van der Waals surface area contributed by atoms with Gasteiger partial charge in [0.05, 0.1) is 4.47 Å². The van der Waals surface area contributed by atoms with Crippen molar-refractivity contribution in [2.45, 2.75) is 12.6 Å². The molecule has 0 radical (unpaired) electrons. The zero-order valence-corrected chi connectivity index (χ0v) is 11.1. The van der Waals surface area contributed by atoms with Gasteiger partial charge in [-0.05, 0) is 40.5 Å². The third-order valence-electron chi connectivity index (χ3n) is 2.01. The van der Waals surface area contributed by atoms with E-state index in [1.54, 1.807) is 18.2 Å². The van der Waals surface area contributed by atoms with Gasteiger partial charge in [0, 0.05) is 0 Å². The molecule has 7 heteroatoms. The fourth-order valence-electron chi connectivity index (χ4n) is 1.33. The lowest BCUT2D eigenvalue weighted by Gasteiger charge is -2.13. The smallest absolute Gasteiger partial charge is 0.411 e. The van der Waals surface area contributed by atoms with Gasteiger partial charge in [-0.2, -0.15) is 13.2 Å². The van der Waals surface area contributed by atoms with Crippen molar-refractivity contribution >= 4 is 15.9 Å². The van der Waals surface area contributed by atoms with E-state index in [1.807, 2.05) is 0 Å². The molecule has 0 saturated heterocycles. The monoisotopic (exact) mass is 327 g/mol. The van der Waals surface area contributed by atoms with Gasteiger partial charge in [-0.25, -0.2) is 0 Å². The van der Waals surface area contributed by atoms with Crippen LogP contribution >= 0.6 is 15.9 Å². The molecule has 2 N–H and O–H groups in total. The second kappa shape index (κ2) is 6.96. The molecule has 0 atom stereocenters. The van der Waals surface area contributed by atoms with Crippen molar-refractivity contribution in [1.29, 1.82) is 0 Å². The maximum Gasteiger partial charge on any atom is 0.411 e. The molecule has 1 aromatic carbocycles. The van der Waals surface area contributed by atoms with E-state index in [4.69, 9.17) is 10.5 Å². The Balaban J connectivity index is 2.55. The summed E-state index contributed by atoms with van der Waals surface area (Å²) in [6, 6.07) is 5.34. The molecule has 1 aromatic rings. The summed E-state index contributed by atoms with van der Waals surface area (Å²) >= 11 is 3.27. The number of rotatable bonds is 6. The highest BCUT2D eigenvalue weighted by Crippen LogP contribution is 2.29. The van der Waals surface area contributed by atoms with E-state index in [2.05, 4.69) is 20.7 Å². The lowest BCUT2D eigenvalue weighted by molar-refractivity contribution is -0.186. The molecular weight excluding hydrogens is 315 g/mol. The summed E-state index contributed by atoms with van der Waals surface area (Å²) in [4.78, 5) is 0. The van der Waals surface area contributed by atoms with E-state index in [0.717, 1.165) is 5.56 Å². The number of halogens is 4. The van der Waals surface area contributed by atoms with Crippen LogP contribution in [0.15, 0.2) is 22.7 Å². The highest BCUT2D eigenvalue weighted by atomic mass is 79.9. The van der Waals surface area contributed by atoms with Gasteiger partial charge in [-0.1, -0.05) is 12.1 Å². The SMILES string of the molecule is NCCc1cccc(Br)c1OCOCC(F)(F)F. The van der Waals surface area contributed by atoms with Crippen molar-refractivity contribution < 1.29 is 22.6 Å². The lowest BCUT2D eigenvalue weighted by Crippen LogP contribution is -2.19. The Bertz CT molecular complexity index is 385. The van der Waals surface area contributed by atoms with E-state index in [1.165, 1.54) is 0 Å². The topological polar surface area (TPSA) is 44.5 Å². The fourth-order valence-corrected chi connectivity index (χ4v) is 1.85. The molecule has 0 amide bonds. The predicted octanol–water partition coefficient (Wildman–Crippen LogP) is 2.87. The van der Waals surface area contributed by atoms with Crippen LogP contribution in [-0.4, -0.2) is 26.1 Å². The molecule has 0 fully saturated rings. The second-order valence-corrected chi connectivity index (χ2v) is 4.35. The van der Waals surface area contributed by atoms with E-state index in [9.17, 15) is 13.2 Å². The molecule has 0 heterocycles. The average Bonchev–Trinajstić information content (AvgIpc) is 2.26. The predicted molar refractivity (Wildman–Crippen MR) is 64.4 cm³/mol. The standard InChI is InChI=1S/C11H13BrF3NO2/c12-9-3-1-2-8(4-5-16)10(9)18-7-17-6-11(13,14)15/h1-3H,4-7,16H2. The van der Waals surface area contributed by atoms with Gasteiger partial charge >= 0.3 is 6.18 Å². The summed E-state index contributed by atoms with van der Waals surface area (Å²) in [5.41, 5.74) is 6.26. The number of ether oxygens (including phenoxy) is 2. The van der Waals surface area contributed by atoms with E-state index in [0.29, 0.717) is 23.2 Å². The first-order valence-electron chi connectivity index (χ1n) is 5.19. The molecule has 0 aliphatic carbocycles. The van der Waals surface area contributed by atoms with Crippen molar-refractivity contribution in [2.24, 2.45) is 5.73 Å². The maximum absolute atomic E-state index is 11.9. The number of hydrogen-bond acceptors (Lipinski definition) is 3. The molecular formula is C11H13BrF3NO2. The number of nitrogens with two attached hydrogens (primary N) is 1. The second-order valence-electron chi connectivity index (χ2n) is 3.49. The molecule has 18 heavy (non-hydrogen) atoms. The summed E-state index contributed by atoms with van der Waals surface area (Å²) in [6.07, 6.45) is -3.77. The van der Waals surface area contributed by atoms with Crippen LogP contribution in [0.4, 0.5) is 13.2 Å². The fraction of sp³-hybridized carbons (Fsp3) is 0.455. The minimum Gasteiger partial charge on any atom is -0.466 e. The van der Waals surface area contributed by atoms with Crippen molar-refractivity contribution in [2.75, 3.05) is 19.9 Å². The number of benzene rings is 1. The number of alkyl halides is 3. The lowest BCUT2D eigenvalue weighted by atomic mass is 10.1. The highest BCUT2D eigenvalue weighted by molar-refractivity contribution is 9.10. The van der Waals surface area contributed by atoms with E-state index < -0.39 is 19.6 Å². The zero-order chi connectivity index (χ0) is 13.6. The molecule has 0 spiro atoms. The van der Waals surface area contributed by atoms with Crippen LogP contribution in [0.25, 0.3) is 0 Å². The Kier molecular flexibility index (Phi) is 5.90. The van der Waals surface area contributed by atoms with Gasteiger partial charge in [0.25, 0.3) is 0 Å². The van der Waals surface area contributed by atoms with Crippen LogP contribution in [0.1, 0.15) is 5.56 Å². The molecule has 3 nitrogen and oxygen atoms in total. The Hall–Kier alpha value is -0.790.